The fourth-order valence-electron chi connectivity index (χ4n) is 2.44. The summed E-state index contributed by atoms with van der Waals surface area (Å²) in [6.45, 7) is 3.95. The van der Waals surface area contributed by atoms with Gasteiger partial charge in [0, 0.05) is 36.3 Å². The zero-order valence-electron chi connectivity index (χ0n) is 12.8. The molecule has 5 heteroatoms. The molecule has 0 aromatic heterocycles. The third kappa shape index (κ3) is 4.12. The number of allylic oxidation sites excluding steroid dienone is 7. The van der Waals surface area contributed by atoms with Crippen LogP contribution < -0.4 is 0 Å². The van der Waals surface area contributed by atoms with Crippen molar-refractivity contribution in [1.82, 2.24) is 0 Å². The number of carbonyl (C=O) groups is 2. The van der Waals surface area contributed by atoms with Gasteiger partial charge in [-0.2, -0.15) is 0 Å². The first kappa shape index (κ1) is 19.2. The van der Waals surface area contributed by atoms with Gasteiger partial charge < -0.3 is 9.47 Å². The van der Waals surface area contributed by atoms with Crippen LogP contribution in [0.5, 0.6) is 0 Å². The zero-order valence-corrected chi connectivity index (χ0v) is 13.9. The molecule has 1 unspecified atom stereocenters. The molecule has 122 valence electrons. The van der Waals surface area contributed by atoms with Gasteiger partial charge in [0.05, 0.1) is 7.11 Å². The number of cyclic esters (lactones) is 1. The van der Waals surface area contributed by atoms with Gasteiger partial charge in [-0.1, -0.05) is 49.1 Å². The first-order valence-corrected chi connectivity index (χ1v) is 6.92. The van der Waals surface area contributed by atoms with E-state index >= 15 is 0 Å². The molecule has 1 fully saturated rings. The Morgan fingerprint density at radius 3 is 2.39 bits per heavy atom. The minimum atomic E-state index is -1.38. The van der Waals surface area contributed by atoms with Gasteiger partial charge in [-0.05, 0) is 11.1 Å². The van der Waals surface area contributed by atoms with Crippen molar-refractivity contribution in [2.24, 2.45) is 5.41 Å². The van der Waals surface area contributed by atoms with Gasteiger partial charge in [0.25, 0.3) is 0 Å². The second kappa shape index (κ2) is 8.70. The molecule has 2 radical (unpaired) electrons. The number of rotatable bonds is 2. The third-order valence-corrected chi connectivity index (χ3v) is 3.52. The van der Waals surface area contributed by atoms with Crippen LogP contribution in [0.25, 0.3) is 0 Å². The molecule has 0 amide bonds. The van der Waals surface area contributed by atoms with Crippen molar-refractivity contribution in [3.63, 3.8) is 0 Å². The summed E-state index contributed by atoms with van der Waals surface area (Å²) in [5, 5.41) is 0. The maximum absolute atomic E-state index is 12.0. The van der Waals surface area contributed by atoms with E-state index in [1.54, 1.807) is 24.6 Å². The van der Waals surface area contributed by atoms with Crippen molar-refractivity contribution in [3.8, 4) is 0 Å². The summed E-state index contributed by atoms with van der Waals surface area (Å²) in [4.78, 5) is 24.0. The van der Waals surface area contributed by atoms with Gasteiger partial charge in [-0.25, -0.2) is 0 Å². The summed E-state index contributed by atoms with van der Waals surface area (Å²) in [5.74, 6) is -1.17. The van der Waals surface area contributed by atoms with Gasteiger partial charge in [0.1, 0.15) is 6.61 Å². The monoisotopic (exact) mass is 354 g/mol. The Kier molecular flexibility index (Phi) is 7.27. The van der Waals surface area contributed by atoms with Crippen molar-refractivity contribution >= 4 is 11.9 Å². The standard InChI is InChI=1S/C13H13O4.C5H5.Fe/c1-9-7-13(11(14)16-2,12(15)17-8-9)10-5-3-4-6-10;1-2-4-5-3-1;/h3-6H,1,7-8H2,2H3;1-5H;. The zero-order chi connectivity index (χ0) is 16.0. The van der Waals surface area contributed by atoms with E-state index in [2.05, 4.69) is 6.58 Å². The van der Waals surface area contributed by atoms with Gasteiger partial charge in [0.2, 0.25) is 0 Å². The predicted molar refractivity (Wildman–Crippen MR) is 83.3 cm³/mol. The Labute approximate surface area is 147 Å². The Morgan fingerprint density at radius 2 is 1.91 bits per heavy atom. The van der Waals surface area contributed by atoms with Crippen LogP contribution in [-0.4, -0.2) is 25.7 Å². The SMILES string of the molecule is C=C1COC(=O)C(C(=O)OC)(C2=C[CH]C=C2)C1.[CH]1C=CC=C1.[Fe]. The molecular formula is C18H18FeO4. The van der Waals surface area contributed by atoms with Crippen molar-refractivity contribution in [3.05, 3.63) is 73.1 Å². The van der Waals surface area contributed by atoms with Gasteiger partial charge >= 0.3 is 11.9 Å². The van der Waals surface area contributed by atoms with E-state index in [1.165, 1.54) is 7.11 Å². The number of hydrogen-bond acceptors (Lipinski definition) is 4. The molecule has 0 aromatic rings. The third-order valence-electron chi connectivity index (χ3n) is 3.52. The summed E-state index contributed by atoms with van der Waals surface area (Å²) in [6, 6.07) is 0. The molecule has 3 aliphatic rings. The topological polar surface area (TPSA) is 52.6 Å². The van der Waals surface area contributed by atoms with Crippen LogP contribution >= 0.6 is 0 Å². The van der Waals surface area contributed by atoms with E-state index in [0.717, 1.165) is 0 Å². The largest absolute Gasteiger partial charge is 0.468 e. The number of esters is 2. The van der Waals surface area contributed by atoms with Gasteiger partial charge in [-0.3, -0.25) is 9.59 Å². The number of methoxy groups -OCH3 is 1. The summed E-state index contributed by atoms with van der Waals surface area (Å²) >= 11 is 0. The maximum atomic E-state index is 12.0. The van der Waals surface area contributed by atoms with Crippen molar-refractivity contribution < 1.29 is 36.1 Å². The van der Waals surface area contributed by atoms with E-state index < -0.39 is 17.4 Å². The Hall–Kier alpha value is -1.84. The molecule has 0 spiro atoms. The molecule has 4 nitrogen and oxygen atoms in total. The molecule has 23 heavy (non-hydrogen) atoms. The molecule has 3 rings (SSSR count). The maximum Gasteiger partial charge on any atom is 0.328 e. The second-order valence-electron chi connectivity index (χ2n) is 5.04. The van der Waals surface area contributed by atoms with E-state index in [-0.39, 0.29) is 30.1 Å². The fourth-order valence-corrected chi connectivity index (χ4v) is 2.44. The van der Waals surface area contributed by atoms with Crippen molar-refractivity contribution in [2.45, 2.75) is 6.42 Å². The normalized spacial score (nSPS) is 24.3. The molecule has 0 N–H and O–H groups in total. The minimum Gasteiger partial charge on any atom is -0.468 e. The van der Waals surface area contributed by atoms with E-state index in [1.807, 2.05) is 30.7 Å². The molecule has 0 saturated carbocycles. The van der Waals surface area contributed by atoms with Gasteiger partial charge in [-0.15, -0.1) is 0 Å². The molecule has 1 heterocycles. The van der Waals surface area contributed by atoms with Crippen molar-refractivity contribution in [1.29, 1.82) is 0 Å². The quantitative estimate of drug-likeness (QED) is 0.331. The molecule has 1 saturated heterocycles. The molecule has 1 aliphatic heterocycles. The Balaban J connectivity index is 0.000000377. The van der Waals surface area contributed by atoms with E-state index in [4.69, 9.17) is 9.47 Å². The Morgan fingerprint density at radius 1 is 1.22 bits per heavy atom. The Bertz CT molecular complexity index is 578. The summed E-state index contributed by atoms with van der Waals surface area (Å²) < 4.78 is 9.77. The average Bonchev–Trinajstić information content (AvgIpc) is 3.24. The molecule has 1 atom stereocenters. The van der Waals surface area contributed by atoms with Crippen LogP contribution in [0, 0.1) is 18.3 Å². The fraction of sp³-hybridized carbons (Fsp3) is 0.222. The molecule has 0 bridgehead atoms. The minimum absolute atomic E-state index is 0. The summed E-state index contributed by atoms with van der Waals surface area (Å²) in [7, 11) is 1.26. The molecular weight excluding hydrogens is 336 g/mol. The summed E-state index contributed by atoms with van der Waals surface area (Å²) in [6.07, 6.45) is 17.2. The van der Waals surface area contributed by atoms with Gasteiger partial charge in [0.15, 0.2) is 5.41 Å². The van der Waals surface area contributed by atoms with Crippen molar-refractivity contribution in [2.75, 3.05) is 13.7 Å². The van der Waals surface area contributed by atoms with Crippen LogP contribution in [0.3, 0.4) is 0 Å². The van der Waals surface area contributed by atoms with Crippen LogP contribution in [0.15, 0.2) is 60.3 Å². The number of ether oxygens (including phenoxy) is 2. The summed E-state index contributed by atoms with van der Waals surface area (Å²) in [5.41, 5.74) is -0.0838. The van der Waals surface area contributed by atoms with Crippen LogP contribution in [-0.2, 0) is 36.1 Å². The average molecular weight is 354 g/mol. The molecule has 2 aliphatic carbocycles. The number of hydrogen-bond donors (Lipinski definition) is 0. The predicted octanol–water partition coefficient (Wildman–Crippen LogP) is 2.66. The second-order valence-corrected chi connectivity index (χ2v) is 5.04. The first-order valence-electron chi connectivity index (χ1n) is 6.92. The van der Waals surface area contributed by atoms with E-state index in [0.29, 0.717) is 11.1 Å². The number of carbonyl (C=O) groups excluding carboxylic acids is 2. The van der Waals surface area contributed by atoms with Crippen LogP contribution in [0.4, 0.5) is 0 Å². The first-order chi connectivity index (χ1) is 10.6. The smallest absolute Gasteiger partial charge is 0.328 e. The van der Waals surface area contributed by atoms with E-state index in [9.17, 15) is 9.59 Å². The van der Waals surface area contributed by atoms with Crippen LogP contribution in [0.1, 0.15) is 6.42 Å². The van der Waals surface area contributed by atoms with Crippen LogP contribution in [0.2, 0.25) is 0 Å². The molecule has 0 aromatic carbocycles.